The van der Waals surface area contributed by atoms with E-state index in [1.54, 1.807) is 6.20 Å². The summed E-state index contributed by atoms with van der Waals surface area (Å²) in [6.07, 6.45) is 2.22. The molecule has 1 aliphatic rings. The molecule has 4 rings (SSSR count). The van der Waals surface area contributed by atoms with Crippen LogP contribution in [0.2, 0.25) is 0 Å². The second-order valence-electron chi connectivity index (χ2n) is 8.76. The SMILES string of the molecule is C#CCN1CCN(c2ncc(Sc3ccc(C(N)=O)c(C(F)(F)F)c3)c(OCc3cccc(C)c3)n2)CC1. The summed E-state index contributed by atoms with van der Waals surface area (Å²) in [7, 11) is 0. The summed E-state index contributed by atoms with van der Waals surface area (Å²) in [5.41, 5.74) is 5.46. The fraction of sp³-hybridized carbons (Fsp3) is 0.296. The first-order valence-corrected chi connectivity index (χ1v) is 12.6. The maximum atomic E-state index is 13.6. The summed E-state index contributed by atoms with van der Waals surface area (Å²) < 4.78 is 46.9. The molecule has 3 aromatic rings. The number of carbonyl (C=O) groups excluding carboxylic acids is 1. The summed E-state index contributed by atoms with van der Waals surface area (Å²) in [5.74, 6) is 2.22. The lowest BCUT2D eigenvalue weighted by molar-refractivity contribution is -0.138. The highest BCUT2D eigenvalue weighted by molar-refractivity contribution is 7.99. The number of hydrogen-bond donors (Lipinski definition) is 1. The number of ether oxygens (including phenoxy) is 1. The van der Waals surface area contributed by atoms with Gasteiger partial charge in [0.1, 0.15) is 6.61 Å². The predicted molar refractivity (Wildman–Crippen MR) is 139 cm³/mol. The van der Waals surface area contributed by atoms with E-state index in [0.29, 0.717) is 30.5 Å². The lowest BCUT2D eigenvalue weighted by Crippen LogP contribution is -2.47. The van der Waals surface area contributed by atoms with Gasteiger partial charge in [0.15, 0.2) is 0 Å². The van der Waals surface area contributed by atoms with Crippen LogP contribution in [-0.4, -0.2) is 53.5 Å². The second-order valence-corrected chi connectivity index (χ2v) is 9.87. The van der Waals surface area contributed by atoms with Crippen molar-refractivity contribution in [1.82, 2.24) is 14.9 Å². The minimum atomic E-state index is -4.74. The zero-order valence-corrected chi connectivity index (χ0v) is 21.5. The molecule has 2 N–H and O–H groups in total. The molecule has 1 fully saturated rings. The van der Waals surface area contributed by atoms with Gasteiger partial charge in [-0.05, 0) is 30.7 Å². The summed E-state index contributed by atoms with van der Waals surface area (Å²) in [4.78, 5) is 25.5. The summed E-state index contributed by atoms with van der Waals surface area (Å²) in [6.45, 7) is 5.64. The third-order valence-electron chi connectivity index (χ3n) is 5.93. The molecular formula is C27H26F3N5O2S. The number of benzene rings is 2. The van der Waals surface area contributed by atoms with E-state index in [9.17, 15) is 18.0 Å². The van der Waals surface area contributed by atoms with Crippen molar-refractivity contribution in [3.8, 4) is 18.2 Å². The Balaban J connectivity index is 1.63. The van der Waals surface area contributed by atoms with Crippen LogP contribution in [0.3, 0.4) is 0 Å². The van der Waals surface area contributed by atoms with Crippen LogP contribution in [0.25, 0.3) is 0 Å². The van der Waals surface area contributed by atoms with E-state index >= 15 is 0 Å². The molecule has 0 aliphatic carbocycles. The molecule has 0 spiro atoms. The molecule has 0 unspecified atom stereocenters. The number of piperazine rings is 1. The number of aryl methyl sites for hydroxylation is 1. The highest BCUT2D eigenvalue weighted by Crippen LogP contribution is 2.39. The van der Waals surface area contributed by atoms with Gasteiger partial charge in [-0.1, -0.05) is 47.5 Å². The van der Waals surface area contributed by atoms with Crippen molar-refractivity contribution in [2.45, 2.75) is 29.5 Å². The molecule has 38 heavy (non-hydrogen) atoms. The Labute approximate surface area is 223 Å². The number of terminal acetylenes is 1. The van der Waals surface area contributed by atoms with Crippen LogP contribution in [0.5, 0.6) is 5.88 Å². The highest BCUT2D eigenvalue weighted by atomic mass is 32.2. The van der Waals surface area contributed by atoms with E-state index in [-0.39, 0.29) is 17.4 Å². The molecule has 2 heterocycles. The van der Waals surface area contributed by atoms with Crippen LogP contribution in [0, 0.1) is 19.3 Å². The summed E-state index contributed by atoms with van der Waals surface area (Å²) in [5, 5.41) is 0. The zero-order chi connectivity index (χ0) is 27.3. The van der Waals surface area contributed by atoms with Crippen LogP contribution in [-0.2, 0) is 12.8 Å². The van der Waals surface area contributed by atoms with Gasteiger partial charge in [-0.3, -0.25) is 9.69 Å². The molecule has 2 aromatic carbocycles. The molecule has 1 aromatic heterocycles. The first-order valence-electron chi connectivity index (χ1n) is 11.8. The minimum Gasteiger partial charge on any atom is -0.472 e. The Hall–Kier alpha value is -3.75. The first kappa shape index (κ1) is 27.3. The van der Waals surface area contributed by atoms with Crippen LogP contribution in [0.1, 0.15) is 27.0 Å². The number of nitrogens with zero attached hydrogens (tertiary/aromatic N) is 4. The average Bonchev–Trinajstić information content (AvgIpc) is 2.88. The summed E-state index contributed by atoms with van der Waals surface area (Å²) >= 11 is 1.01. The number of primary amides is 1. The van der Waals surface area contributed by atoms with Crippen LogP contribution in [0.4, 0.5) is 19.1 Å². The molecule has 1 saturated heterocycles. The molecular weight excluding hydrogens is 515 g/mol. The van der Waals surface area contributed by atoms with Crippen LogP contribution in [0.15, 0.2) is 58.5 Å². The van der Waals surface area contributed by atoms with E-state index in [0.717, 1.165) is 48.1 Å². The van der Waals surface area contributed by atoms with Gasteiger partial charge in [-0.15, -0.1) is 6.42 Å². The topological polar surface area (TPSA) is 84.6 Å². The van der Waals surface area contributed by atoms with Crippen molar-refractivity contribution in [1.29, 1.82) is 0 Å². The van der Waals surface area contributed by atoms with Crippen molar-refractivity contribution >= 4 is 23.6 Å². The van der Waals surface area contributed by atoms with Crippen molar-refractivity contribution in [3.05, 3.63) is 70.9 Å². The van der Waals surface area contributed by atoms with E-state index in [2.05, 4.69) is 20.8 Å². The van der Waals surface area contributed by atoms with Gasteiger partial charge in [-0.2, -0.15) is 18.2 Å². The molecule has 198 valence electrons. The van der Waals surface area contributed by atoms with Crippen molar-refractivity contribution in [2.24, 2.45) is 5.73 Å². The van der Waals surface area contributed by atoms with E-state index in [4.69, 9.17) is 16.9 Å². The van der Waals surface area contributed by atoms with E-state index in [1.807, 2.05) is 36.1 Å². The number of aromatic nitrogens is 2. The Morgan fingerprint density at radius 3 is 2.61 bits per heavy atom. The number of alkyl halides is 3. The van der Waals surface area contributed by atoms with Gasteiger partial charge in [-0.25, -0.2) is 4.98 Å². The zero-order valence-electron chi connectivity index (χ0n) is 20.7. The fourth-order valence-electron chi connectivity index (χ4n) is 4.02. The smallest absolute Gasteiger partial charge is 0.417 e. The third-order valence-corrected chi connectivity index (χ3v) is 6.92. The third kappa shape index (κ3) is 6.76. The number of hydrogen-bond acceptors (Lipinski definition) is 7. The Kier molecular flexibility index (Phi) is 8.44. The quantitative estimate of drug-likeness (QED) is 0.424. The standard InChI is InChI=1S/C27H26F3N5O2S/c1-3-9-34-10-12-35(13-11-34)26-32-16-23(25(33-26)37-17-19-6-4-5-18(2)14-19)38-20-7-8-21(24(31)36)22(15-20)27(28,29)30/h1,4-8,14-16H,9-13,17H2,2H3,(H2,31,36). The number of carbonyl (C=O) groups is 1. The Morgan fingerprint density at radius 2 is 1.95 bits per heavy atom. The molecule has 0 radical (unpaired) electrons. The molecule has 11 heteroatoms. The van der Waals surface area contributed by atoms with Gasteiger partial charge in [0.2, 0.25) is 17.7 Å². The van der Waals surface area contributed by atoms with Crippen LogP contribution >= 0.6 is 11.8 Å². The Bertz CT molecular complexity index is 1350. The largest absolute Gasteiger partial charge is 0.472 e. The monoisotopic (exact) mass is 541 g/mol. The molecule has 7 nitrogen and oxygen atoms in total. The molecule has 0 bridgehead atoms. The van der Waals surface area contributed by atoms with Crippen molar-refractivity contribution in [2.75, 3.05) is 37.6 Å². The van der Waals surface area contributed by atoms with Gasteiger partial charge in [0.25, 0.3) is 0 Å². The summed E-state index contributed by atoms with van der Waals surface area (Å²) in [6, 6.07) is 11.2. The number of amides is 1. The lowest BCUT2D eigenvalue weighted by Gasteiger charge is -2.33. The number of rotatable bonds is 8. The number of anilines is 1. The molecule has 0 saturated carbocycles. The maximum Gasteiger partial charge on any atom is 0.417 e. The molecule has 1 aliphatic heterocycles. The van der Waals surface area contributed by atoms with Gasteiger partial charge in [0, 0.05) is 31.1 Å². The number of nitrogens with two attached hydrogens (primary N) is 1. The van der Waals surface area contributed by atoms with Gasteiger partial charge in [0.05, 0.1) is 28.8 Å². The normalized spacial score (nSPS) is 14.2. The maximum absolute atomic E-state index is 13.6. The number of halogens is 3. The van der Waals surface area contributed by atoms with E-state index in [1.165, 1.54) is 6.07 Å². The fourth-order valence-corrected chi connectivity index (χ4v) is 4.89. The van der Waals surface area contributed by atoms with Gasteiger partial charge >= 0.3 is 6.18 Å². The Morgan fingerprint density at radius 1 is 1.18 bits per heavy atom. The molecule has 1 amide bonds. The molecule has 0 atom stereocenters. The minimum absolute atomic E-state index is 0.218. The second kappa shape index (κ2) is 11.8. The van der Waals surface area contributed by atoms with Crippen molar-refractivity contribution < 1.29 is 22.7 Å². The van der Waals surface area contributed by atoms with Gasteiger partial charge < -0.3 is 15.4 Å². The average molecular weight is 542 g/mol. The van der Waals surface area contributed by atoms with E-state index < -0.39 is 23.2 Å². The van der Waals surface area contributed by atoms with Crippen molar-refractivity contribution in [3.63, 3.8) is 0 Å². The first-order chi connectivity index (χ1) is 18.1. The predicted octanol–water partition coefficient (Wildman–Crippen LogP) is 4.39. The highest BCUT2D eigenvalue weighted by Gasteiger charge is 2.35. The van der Waals surface area contributed by atoms with Crippen LogP contribution < -0.4 is 15.4 Å². The lowest BCUT2D eigenvalue weighted by atomic mass is 10.1.